The van der Waals surface area contributed by atoms with Gasteiger partial charge in [-0.25, -0.2) is 15.0 Å². The van der Waals surface area contributed by atoms with Crippen LogP contribution >= 0.6 is 0 Å². The van der Waals surface area contributed by atoms with Gasteiger partial charge < -0.3 is 16.0 Å². The van der Waals surface area contributed by atoms with Gasteiger partial charge in [0, 0.05) is 5.56 Å². The number of aromatic nitrogens is 4. The molecule has 0 spiro atoms. The second kappa shape index (κ2) is 7.15. The van der Waals surface area contributed by atoms with Crippen LogP contribution in [-0.2, 0) is 12.4 Å². The number of benzene rings is 2. The molecule has 0 saturated heterocycles. The summed E-state index contributed by atoms with van der Waals surface area (Å²) in [7, 11) is 0. The van der Waals surface area contributed by atoms with Crippen molar-refractivity contribution in [3.63, 3.8) is 0 Å². The molecule has 2 aromatic carbocycles. The van der Waals surface area contributed by atoms with Gasteiger partial charge >= 0.3 is 12.4 Å². The van der Waals surface area contributed by atoms with Gasteiger partial charge in [-0.15, -0.1) is 0 Å². The van der Waals surface area contributed by atoms with Gasteiger partial charge in [-0.3, -0.25) is 0 Å². The molecule has 31 heavy (non-hydrogen) atoms. The number of rotatable bonds is 3. The minimum absolute atomic E-state index is 0.0321. The van der Waals surface area contributed by atoms with Crippen LogP contribution in [0.3, 0.4) is 0 Å². The fourth-order valence-electron chi connectivity index (χ4n) is 2.88. The maximum atomic E-state index is 13.2. The van der Waals surface area contributed by atoms with Crippen molar-refractivity contribution in [1.82, 2.24) is 19.9 Å². The molecule has 0 amide bonds. The standard InChI is InChI=1S/C19H12F6N6/c20-18(21,22)10-7-5-9(6-8-10)15-29-14(26)13-16(30-15)31-17(28-13)27-12-4-2-1-3-11(12)19(23,24)25/h1-8H,(H4,26,27,28,29,30,31). The van der Waals surface area contributed by atoms with E-state index in [2.05, 4.69) is 25.3 Å². The van der Waals surface area contributed by atoms with E-state index >= 15 is 0 Å². The van der Waals surface area contributed by atoms with Crippen LogP contribution < -0.4 is 11.1 Å². The summed E-state index contributed by atoms with van der Waals surface area (Å²) in [5, 5.41) is 2.54. The summed E-state index contributed by atoms with van der Waals surface area (Å²) < 4.78 is 77.7. The number of halogens is 6. The molecule has 2 aromatic heterocycles. The molecule has 4 N–H and O–H groups in total. The second-order valence-electron chi connectivity index (χ2n) is 6.46. The SMILES string of the molecule is Nc1nc(-c2ccc(C(F)(F)F)cc2)nc2[nH]c(Nc3ccccc3C(F)(F)F)nc12. The molecule has 4 aromatic rings. The number of para-hydroxylation sites is 1. The number of nitrogen functional groups attached to an aromatic ring is 1. The molecule has 0 radical (unpaired) electrons. The first-order valence-corrected chi connectivity index (χ1v) is 8.66. The number of imidazole rings is 1. The van der Waals surface area contributed by atoms with Gasteiger partial charge in [0.05, 0.1) is 16.8 Å². The highest BCUT2D eigenvalue weighted by Gasteiger charge is 2.33. The molecule has 6 nitrogen and oxygen atoms in total. The first-order chi connectivity index (χ1) is 14.5. The molecular weight excluding hydrogens is 426 g/mol. The largest absolute Gasteiger partial charge is 0.418 e. The Morgan fingerprint density at radius 3 is 2.13 bits per heavy atom. The molecule has 2 heterocycles. The van der Waals surface area contributed by atoms with E-state index in [9.17, 15) is 26.3 Å². The zero-order valence-electron chi connectivity index (χ0n) is 15.3. The van der Waals surface area contributed by atoms with Crippen molar-refractivity contribution in [3.8, 4) is 11.4 Å². The highest BCUT2D eigenvalue weighted by atomic mass is 19.4. The van der Waals surface area contributed by atoms with E-state index in [0.29, 0.717) is 0 Å². The van der Waals surface area contributed by atoms with Gasteiger partial charge in [0.25, 0.3) is 0 Å². The lowest BCUT2D eigenvalue weighted by molar-refractivity contribution is -0.138. The highest BCUT2D eigenvalue weighted by Crippen LogP contribution is 2.36. The molecule has 4 rings (SSSR count). The Bertz CT molecular complexity index is 1240. The summed E-state index contributed by atoms with van der Waals surface area (Å²) >= 11 is 0. The van der Waals surface area contributed by atoms with Crippen LogP contribution in [0.15, 0.2) is 48.5 Å². The Balaban J connectivity index is 1.69. The van der Waals surface area contributed by atoms with Crippen LogP contribution in [0.2, 0.25) is 0 Å². The Morgan fingerprint density at radius 2 is 1.48 bits per heavy atom. The second-order valence-corrected chi connectivity index (χ2v) is 6.46. The van der Waals surface area contributed by atoms with Crippen LogP contribution in [0.1, 0.15) is 11.1 Å². The van der Waals surface area contributed by atoms with Crippen molar-refractivity contribution in [2.75, 3.05) is 11.1 Å². The molecule has 0 bridgehead atoms. The van der Waals surface area contributed by atoms with Gasteiger partial charge in [0.1, 0.15) is 0 Å². The number of fused-ring (bicyclic) bond motifs is 1. The third-order valence-electron chi connectivity index (χ3n) is 4.33. The molecule has 0 fully saturated rings. The average Bonchev–Trinajstić information content (AvgIpc) is 3.10. The number of alkyl halides is 6. The van der Waals surface area contributed by atoms with E-state index in [1.165, 1.54) is 30.3 Å². The molecule has 160 valence electrons. The zero-order valence-corrected chi connectivity index (χ0v) is 15.3. The van der Waals surface area contributed by atoms with Gasteiger partial charge in [0.2, 0.25) is 5.95 Å². The van der Waals surface area contributed by atoms with Gasteiger partial charge in [-0.05, 0) is 24.3 Å². The number of anilines is 3. The van der Waals surface area contributed by atoms with E-state index in [0.717, 1.165) is 18.2 Å². The Morgan fingerprint density at radius 1 is 0.806 bits per heavy atom. The van der Waals surface area contributed by atoms with E-state index < -0.39 is 23.5 Å². The summed E-state index contributed by atoms with van der Waals surface area (Å²) in [5.74, 6) is -0.116. The normalized spacial score (nSPS) is 12.3. The van der Waals surface area contributed by atoms with Crippen LogP contribution in [0.5, 0.6) is 0 Å². The van der Waals surface area contributed by atoms with Gasteiger partial charge in [0.15, 0.2) is 22.8 Å². The Labute approximate surface area is 170 Å². The number of hydrogen-bond acceptors (Lipinski definition) is 5. The van der Waals surface area contributed by atoms with Crippen molar-refractivity contribution in [2.24, 2.45) is 0 Å². The van der Waals surface area contributed by atoms with Crippen molar-refractivity contribution in [2.45, 2.75) is 12.4 Å². The number of nitrogens with zero attached hydrogens (tertiary/aromatic N) is 3. The maximum Gasteiger partial charge on any atom is 0.418 e. The van der Waals surface area contributed by atoms with Crippen LogP contribution in [0.4, 0.5) is 43.8 Å². The Hall–Kier alpha value is -3.83. The fraction of sp³-hybridized carbons (Fsp3) is 0.105. The predicted molar refractivity (Wildman–Crippen MR) is 101 cm³/mol. The van der Waals surface area contributed by atoms with Crippen LogP contribution in [0, 0.1) is 0 Å². The van der Waals surface area contributed by atoms with Crippen LogP contribution in [0.25, 0.3) is 22.6 Å². The van der Waals surface area contributed by atoms with Crippen molar-refractivity contribution in [3.05, 3.63) is 59.7 Å². The predicted octanol–water partition coefficient (Wildman–Crippen LogP) is 5.38. The van der Waals surface area contributed by atoms with Gasteiger partial charge in [-0.1, -0.05) is 24.3 Å². The monoisotopic (exact) mass is 438 g/mol. The van der Waals surface area contributed by atoms with Gasteiger partial charge in [-0.2, -0.15) is 26.3 Å². The molecule has 12 heteroatoms. The fourth-order valence-corrected chi connectivity index (χ4v) is 2.88. The summed E-state index contributed by atoms with van der Waals surface area (Å²) in [6, 6.07) is 8.99. The third-order valence-corrected chi connectivity index (χ3v) is 4.33. The Kier molecular flexibility index (Phi) is 4.71. The first-order valence-electron chi connectivity index (χ1n) is 8.66. The molecule has 0 aliphatic carbocycles. The quantitative estimate of drug-likeness (QED) is 0.374. The highest BCUT2D eigenvalue weighted by molar-refractivity contribution is 5.86. The molecule has 0 unspecified atom stereocenters. The number of aromatic amines is 1. The summed E-state index contributed by atoms with van der Waals surface area (Å²) in [6.45, 7) is 0. The van der Waals surface area contributed by atoms with E-state index in [1.54, 1.807) is 0 Å². The topological polar surface area (TPSA) is 92.5 Å². The average molecular weight is 438 g/mol. The van der Waals surface area contributed by atoms with Crippen molar-refractivity contribution >= 4 is 28.6 Å². The van der Waals surface area contributed by atoms with Crippen molar-refractivity contribution in [1.29, 1.82) is 0 Å². The lowest BCUT2D eigenvalue weighted by Crippen LogP contribution is -2.08. The molecule has 0 aliphatic heterocycles. The van der Waals surface area contributed by atoms with Crippen molar-refractivity contribution < 1.29 is 26.3 Å². The summed E-state index contributed by atoms with van der Waals surface area (Å²) in [6.07, 6.45) is -9.07. The van der Waals surface area contributed by atoms with E-state index in [-0.39, 0.29) is 40.0 Å². The molecule has 0 saturated carbocycles. The summed E-state index contributed by atoms with van der Waals surface area (Å²) in [5.41, 5.74) is 4.40. The molecule has 0 aliphatic rings. The first kappa shape index (κ1) is 20.4. The smallest absolute Gasteiger partial charge is 0.382 e. The minimum atomic E-state index is -4.58. The maximum absolute atomic E-state index is 13.2. The van der Waals surface area contributed by atoms with E-state index in [4.69, 9.17) is 5.73 Å². The number of H-pyrrole nitrogens is 1. The number of hydrogen-bond donors (Lipinski definition) is 3. The molecule has 0 atom stereocenters. The molecular formula is C19H12F6N6. The third kappa shape index (κ3) is 4.09. The minimum Gasteiger partial charge on any atom is -0.382 e. The van der Waals surface area contributed by atoms with E-state index in [1.807, 2.05) is 0 Å². The zero-order chi connectivity index (χ0) is 22.4. The number of nitrogens with two attached hydrogens (primary N) is 1. The lowest BCUT2D eigenvalue weighted by Gasteiger charge is -2.12. The van der Waals surface area contributed by atoms with Crippen LogP contribution in [-0.4, -0.2) is 19.9 Å². The summed E-state index contributed by atoms with van der Waals surface area (Å²) in [4.78, 5) is 15.0. The lowest BCUT2D eigenvalue weighted by atomic mass is 10.1. The number of nitrogens with one attached hydrogen (secondary N) is 2.